The number of hydrogen-bond donors (Lipinski definition) is 1. The molecule has 1 fully saturated rings. The zero-order valence-electron chi connectivity index (χ0n) is 8.25. The van der Waals surface area contributed by atoms with E-state index in [4.69, 9.17) is 14.4 Å². The molecule has 2 unspecified atom stereocenters. The Morgan fingerprint density at radius 1 is 1.57 bits per heavy atom. The molecule has 0 amide bonds. The zero-order valence-corrected chi connectivity index (χ0v) is 9.15. The third-order valence-corrected chi connectivity index (χ3v) is 3.18. The van der Waals surface area contributed by atoms with Crippen molar-refractivity contribution in [2.24, 2.45) is 0 Å². The first-order chi connectivity index (χ1) is 6.59. The van der Waals surface area contributed by atoms with Gasteiger partial charge in [0.05, 0.1) is 12.7 Å². The molecule has 0 aromatic heterocycles. The first-order valence-corrected chi connectivity index (χ1v) is 5.95. The monoisotopic (exact) mass is 222 g/mol. The van der Waals surface area contributed by atoms with Crippen molar-refractivity contribution in [2.45, 2.75) is 18.6 Å². The summed E-state index contributed by atoms with van der Waals surface area (Å²) < 4.78 is 25.9. The summed E-state index contributed by atoms with van der Waals surface area (Å²) in [5.74, 6) is 1.13. The molecule has 82 valence electrons. The Balaban J connectivity index is 2.55. The molecule has 0 bridgehead atoms. The Morgan fingerprint density at radius 2 is 2.29 bits per heavy atom. The summed E-state index contributed by atoms with van der Waals surface area (Å²) in [5.41, 5.74) is 0. The van der Waals surface area contributed by atoms with Gasteiger partial charge in [0.1, 0.15) is 6.10 Å². The van der Waals surface area contributed by atoms with E-state index in [0.29, 0.717) is 6.61 Å². The summed E-state index contributed by atoms with van der Waals surface area (Å²) in [7, 11) is -0.798. The Kier molecular flexibility index (Phi) is 4.29. The van der Waals surface area contributed by atoms with Gasteiger partial charge < -0.3 is 18.9 Å². The molecule has 1 aliphatic heterocycles. The van der Waals surface area contributed by atoms with Gasteiger partial charge in [-0.1, -0.05) is 0 Å². The average molecular weight is 222 g/mol. The van der Waals surface area contributed by atoms with E-state index in [-0.39, 0.29) is 12.2 Å². The van der Waals surface area contributed by atoms with E-state index in [9.17, 15) is 4.57 Å². The van der Waals surface area contributed by atoms with E-state index in [1.165, 1.54) is 13.2 Å². The molecule has 0 aromatic rings. The van der Waals surface area contributed by atoms with Crippen LogP contribution in [0.4, 0.5) is 0 Å². The molecule has 1 aliphatic rings. The minimum atomic E-state index is -3.58. The Morgan fingerprint density at radius 3 is 2.86 bits per heavy atom. The van der Waals surface area contributed by atoms with E-state index in [2.05, 4.69) is 4.52 Å². The van der Waals surface area contributed by atoms with Gasteiger partial charge in [-0.2, -0.15) is 0 Å². The van der Waals surface area contributed by atoms with Crippen LogP contribution in [0, 0.1) is 0 Å². The van der Waals surface area contributed by atoms with Crippen LogP contribution in [0.3, 0.4) is 0 Å². The number of methoxy groups -OCH3 is 1. The fraction of sp³-hybridized carbons (Fsp3) is 0.750. The molecule has 5 nitrogen and oxygen atoms in total. The van der Waals surface area contributed by atoms with E-state index in [1.54, 1.807) is 7.11 Å². The normalized spacial score (nSPS) is 32.2. The van der Waals surface area contributed by atoms with Gasteiger partial charge in [0.25, 0.3) is 0 Å². The van der Waals surface area contributed by atoms with Crippen molar-refractivity contribution in [1.82, 2.24) is 0 Å². The molecule has 1 saturated heterocycles. The summed E-state index contributed by atoms with van der Waals surface area (Å²) >= 11 is 0. The molecule has 0 saturated carbocycles. The largest absolute Gasteiger partial charge is 0.378 e. The van der Waals surface area contributed by atoms with Crippen molar-refractivity contribution in [3.63, 3.8) is 0 Å². The minimum absolute atomic E-state index is 0.0388. The lowest BCUT2D eigenvalue weighted by Crippen LogP contribution is -2.20. The van der Waals surface area contributed by atoms with Gasteiger partial charge in [0.15, 0.2) is 0 Å². The molecule has 1 rings (SSSR count). The molecule has 1 heterocycles. The van der Waals surface area contributed by atoms with E-state index in [0.717, 1.165) is 12.2 Å². The van der Waals surface area contributed by atoms with Gasteiger partial charge in [-0.05, 0) is 12.5 Å². The SMILES string of the molecule is COC1CCO[C@@H]1/C=C/P(=O)(O)OC. The van der Waals surface area contributed by atoms with Crippen molar-refractivity contribution in [1.29, 1.82) is 0 Å². The molecule has 0 aromatic carbocycles. The quantitative estimate of drug-likeness (QED) is 0.722. The van der Waals surface area contributed by atoms with Gasteiger partial charge in [-0.15, -0.1) is 0 Å². The van der Waals surface area contributed by atoms with Crippen molar-refractivity contribution in [3.8, 4) is 0 Å². The maximum absolute atomic E-state index is 11.1. The fourth-order valence-corrected chi connectivity index (χ4v) is 1.79. The van der Waals surface area contributed by atoms with Crippen molar-refractivity contribution < 1.29 is 23.5 Å². The molecule has 1 N–H and O–H groups in total. The summed E-state index contributed by atoms with van der Waals surface area (Å²) in [6.07, 6.45) is 2.03. The second-order valence-electron chi connectivity index (χ2n) is 2.99. The molecule has 0 aliphatic carbocycles. The first kappa shape index (κ1) is 11.9. The number of hydrogen-bond acceptors (Lipinski definition) is 4. The topological polar surface area (TPSA) is 65.0 Å². The van der Waals surface area contributed by atoms with Crippen molar-refractivity contribution in [3.05, 3.63) is 11.9 Å². The predicted octanol–water partition coefficient (Wildman–Crippen LogP) is 1.14. The minimum Gasteiger partial charge on any atom is -0.378 e. The van der Waals surface area contributed by atoms with Crippen LogP contribution >= 0.6 is 7.60 Å². The summed E-state index contributed by atoms with van der Waals surface area (Å²) in [6.45, 7) is 0.607. The van der Waals surface area contributed by atoms with Crippen LogP contribution < -0.4 is 0 Å². The van der Waals surface area contributed by atoms with Gasteiger partial charge in [0.2, 0.25) is 0 Å². The highest BCUT2D eigenvalue weighted by atomic mass is 31.2. The maximum Gasteiger partial charge on any atom is 0.351 e. The van der Waals surface area contributed by atoms with Crippen molar-refractivity contribution in [2.75, 3.05) is 20.8 Å². The molecular formula is C8H15O5P. The van der Waals surface area contributed by atoms with Crippen LogP contribution in [0.2, 0.25) is 0 Å². The first-order valence-electron chi connectivity index (χ1n) is 4.31. The fourth-order valence-electron chi connectivity index (χ4n) is 1.28. The molecule has 3 atom stereocenters. The van der Waals surface area contributed by atoms with Gasteiger partial charge in [0, 0.05) is 20.0 Å². The summed E-state index contributed by atoms with van der Waals surface area (Å²) in [4.78, 5) is 9.09. The maximum atomic E-state index is 11.1. The lowest BCUT2D eigenvalue weighted by atomic mass is 10.2. The molecule has 6 heteroatoms. The highest BCUT2D eigenvalue weighted by molar-refractivity contribution is 7.56. The Bertz CT molecular complexity index is 252. The lowest BCUT2D eigenvalue weighted by Gasteiger charge is -2.13. The molecule has 0 radical (unpaired) electrons. The summed E-state index contributed by atoms with van der Waals surface area (Å²) in [5, 5.41) is 0. The second-order valence-corrected chi connectivity index (χ2v) is 4.78. The number of rotatable bonds is 4. The van der Waals surface area contributed by atoms with E-state index in [1.807, 2.05) is 0 Å². The Labute approximate surface area is 83.2 Å². The molecule has 14 heavy (non-hydrogen) atoms. The third kappa shape index (κ3) is 3.19. The molecule has 0 spiro atoms. The lowest BCUT2D eigenvalue weighted by molar-refractivity contribution is 0.0426. The average Bonchev–Trinajstić information content (AvgIpc) is 2.62. The van der Waals surface area contributed by atoms with E-state index >= 15 is 0 Å². The third-order valence-electron chi connectivity index (χ3n) is 2.11. The molecular weight excluding hydrogens is 207 g/mol. The zero-order chi connectivity index (χ0) is 10.6. The van der Waals surface area contributed by atoms with Crippen LogP contribution in [0.1, 0.15) is 6.42 Å². The van der Waals surface area contributed by atoms with Crippen LogP contribution in [0.5, 0.6) is 0 Å². The van der Waals surface area contributed by atoms with Crippen LogP contribution in [0.25, 0.3) is 0 Å². The van der Waals surface area contributed by atoms with Crippen LogP contribution in [-0.2, 0) is 18.6 Å². The highest BCUT2D eigenvalue weighted by Crippen LogP contribution is 2.42. The van der Waals surface area contributed by atoms with Gasteiger partial charge in [-0.3, -0.25) is 4.57 Å². The van der Waals surface area contributed by atoms with E-state index < -0.39 is 7.60 Å². The van der Waals surface area contributed by atoms with Crippen LogP contribution in [0.15, 0.2) is 11.9 Å². The predicted molar refractivity (Wildman–Crippen MR) is 51.1 cm³/mol. The summed E-state index contributed by atoms with van der Waals surface area (Å²) in [6, 6.07) is 0. The number of ether oxygens (including phenoxy) is 2. The van der Waals surface area contributed by atoms with Gasteiger partial charge in [-0.25, -0.2) is 0 Å². The van der Waals surface area contributed by atoms with Crippen molar-refractivity contribution >= 4 is 7.60 Å². The smallest absolute Gasteiger partial charge is 0.351 e. The van der Waals surface area contributed by atoms with Gasteiger partial charge >= 0.3 is 7.60 Å². The Hall–Kier alpha value is -0.190. The highest BCUT2D eigenvalue weighted by Gasteiger charge is 2.26. The second kappa shape index (κ2) is 5.05. The van der Waals surface area contributed by atoms with Crippen LogP contribution in [-0.4, -0.2) is 37.9 Å². The standard InChI is InChI=1S/C8H15O5P/c1-11-7-3-5-13-8(7)4-6-14(9,10)12-2/h4,6-8H,3,5H2,1-2H3,(H,9,10)/b6-4+/t7?,8-/m1/s1.